The highest BCUT2D eigenvalue weighted by atomic mass is 16.2. The van der Waals surface area contributed by atoms with Gasteiger partial charge in [0.25, 0.3) is 17.7 Å². The van der Waals surface area contributed by atoms with Crippen molar-refractivity contribution in [1.29, 1.82) is 0 Å². The molecule has 1 saturated heterocycles. The van der Waals surface area contributed by atoms with Crippen LogP contribution < -0.4 is 5.32 Å². The van der Waals surface area contributed by atoms with Crippen molar-refractivity contribution in [1.82, 2.24) is 15.1 Å². The largest absolute Gasteiger partial charge is 0.352 e. The van der Waals surface area contributed by atoms with Crippen molar-refractivity contribution in [3.05, 3.63) is 71.3 Å². The third kappa shape index (κ3) is 3.76. The standard InChI is InChI=1S/C22H21N3O4/c26-19(14-25-21(28)17-8-4-5-9-18(17)22(25)29)23-16-10-12-24(13-11-16)20(27)15-6-2-1-3-7-15/h1-9,16H,10-14H2,(H,23,26). The van der Waals surface area contributed by atoms with Gasteiger partial charge in [0.05, 0.1) is 11.1 Å². The van der Waals surface area contributed by atoms with Crippen LogP contribution in [0.2, 0.25) is 0 Å². The Morgan fingerprint density at radius 1 is 0.862 bits per heavy atom. The number of amides is 4. The van der Waals surface area contributed by atoms with E-state index >= 15 is 0 Å². The summed E-state index contributed by atoms with van der Waals surface area (Å²) in [5.74, 6) is -1.26. The fourth-order valence-electron chi connectivity index (χ4n) is 3.79. The summed E-state index contributed by atoms with van der Waals surface area (Å²) in [6.07, 6.45) is 1.26. The van der Waals surface area contributed by atoms with Crippen LogP contribution >= 0.6 is 0 Å². The molecule has 0 radical (unpaired) electrons. The summed E-state index contributed by atoms with van der Waals surface area (Å²) in [7, 11) is 0. The van der Waals surface area contributed by atoms with E-state index in [4.69, 9.17) is 0 Å². The fourth-order valence-corrected chi connectivity index (χ4v) is 3.79. The van der Waals surface area contributed by atoms with Crippen molar-refractivity contribution < 1.29 is 19.2 Å². The Labute approximate surface area is 168 Å². The molecule has 148 valence electrons. The quantitative estimate of drug-likeness (QED) is 0.804. The van der Waals surface area contributed by atoms with Gasteiger partial charge < -0.3 is 10.2 Å². The Bertz CT molecular complexity index is 930. The lowest BCUT2D eigenvalue weighted by molar-refractivity contribution is -0.122. The van der Waals surface area contributed by atoms with Gasteiger partial charge in [0.1, 0.15) is 6.54 Å². The fraction of sp³-hybridized carbons (Fsp3) is 0.273. The van der Waals surface area contributed by atoms with E-state index in [-0.39, 0.29) is 24.4 Å². The molecule has 2 aromatic rings. The number of piperidine rings is 1. The monoisotopic (exact) mass is 391 g/mol. The van der Waals surface area contributed by atoms with Crippen LogP contribution in [0.15, 0.2) is 54.6 Å². The van der Waals surface area contributed by atoms with E-state index in [1.165, 1.54) is 0 Å². The molecule has 2 aliphatic rings. The van der Waals surface area contributed by atoms with Crippen LogP contribution in [0.3, 0.4) is 0 Å². The Balaban J connectivity index is 1.29. The average molecular weight is 391 g/mol. The number of hydrogen-bond donors (Lipinski definition) is 1. The molecule has 4 rings (SSSR count). The molecule has 0 bridgehead atoms. The number of hydrogen-bond acceptors (Lipinski definition) is 4. The number of imide groups is 1. The van der Waals surface area contributed by atoms with Crippen LogP contribution in [0.5, 0.6) is 0 Å². The highest BCUT2D eigenvalue weighted by Gasteiger charge is 2.36. The van der Waals surface area contributed by atoms with Crippen LogP contribution in [-0.2, 0) is 4.79 Å². The molecule has 0 aromatic heterocycles. The van der Waals surface area contributed by atoms with E-state index in [1.807, 2.05) is 18.2 Å². The van der Waals surface area contributed by atoms with Gasteiger partial charge in [0, 0.05) is 24.7 Å². The molecule has 0 saturated carbocycles. The number of carbonyl (C=O) groups excluding carboxylic acids is 4. The van der Waals surface area contributed by atoms with Crippen molar-refractivity contribution in [3.63, 3.8) is 0 Å². The molecule has 0 unspecified atom stereocenters. The van der Waals surface area contributed by atoms with Gasteiger partial charge in [-0.3, -0.25) is 24.1 Å². The van der Waals surface area contributed by atoms with Crippen LogP contribution in [-0.4, -0.2) is 59.1 Å². The SMILES string of the molecule is O=C(CN1C(=O)c2ccccc2C1=O)NC1CCN(C(=O)c2ccccc2)CC1. The molecule has 7 nitrogen and oxygen atoms in total. The Kier molecular flexibility index (Phi) is 5.12. The van der Waals surface area contributed by atoms with Gasteiger partial charge in [0.2, 0.25) is 5.91 Å². The molecule has 0 spiro atoms. The summed E-state index contributed by atoms with van der Waals surface area (Å²) < 4.78 is 0. The van der Waals surface area contributed by atoms with E-state index in [0.717, 1.165) is 4.90 Å². The van der Waals surface area contributed by atoms with Crippen molar-refractivity contribution in [3.8, 4) is 0 Å². The zero-order valence-corrected chi connectivity index (χ0v) is 15.8. The minimum Gasteiger partial charge on any atom is -0.352 e. The van der Waals surface area contributed by atoms with E-state index in [0.29, 0.717) is 42.6 Å². The van der Waals surface area contributed by atoms with Crippen molar-refractivity contribution in [2.75, 3.05) is 19.6 Å². The first-order valence-corrected chi connectivity index (χ1v) is 9.63. The summed E-state index contributed by atoms with van der Waals surface area (Å²) in [6, 6.07) is 15.6. The first kappa shape index (κ1) is 18.9. The number of nitrogens with one attached hydrogen (secondary N) is 1. The van der Waals surface area contributed by atoms with Crippen LogP contribution in [0, 0.1) is 0 Å². The molecular formula is C22H21N3O4. The third-order valence-electron chi connectivity index (χ3n) is 5.35. The minimum absolute atomic E-state index is 0.0126. The topological polar surface area (TPSA) is 86.8 Å². The zero-order valence-electron chi connectivity index (χ0n) is 15.8. The van der Waals surface area contributed by atoms with E-state index < -0.39 is 11.8 Å². The van der Waals surface area contributed by atoms with Crippen molar-refractivity contribution in [2.24, 2.45) is 0 Å². The lowest BCUT2D eigenvalue weighted by Crippen LogP contribution is -2.49. The molecular weight excluding hydrogens is 370 g/mol. The predicted octanol–water partition coefficient (Wildman–Crippen LogP) is 1.70. The molecule has 1 fully saturated rings. The first-order valence-electron chi connectivity index (χ1n) is 9.63. The second-order valence-corrected chi connectivity index (χ2v) is 7.24. The lowest BCUT2D eigenvalue weighted by atomic mass is 10.0. The molecule has 0 atom stereocenters. The maximum absolute atomic E-state index is 12.5. The number of rotatable bonds is 4. The second kappa shape index (κ2) is 7.87. The molecule has 2 aliphatic heterocycles. The predicted molar refractivity (Wildman–Crippen MR) is 105 cm³/mol. The Morgan fingerprint density at radius 2 is 1.41 bits per heavy atom. The maximum Gasteiger partial charge on any atom is 0.262 e. The van der Waals surface area contributed by atoms with Crippen molar-refractivity contribution >= 4 is 23.6 Å². The second-order valence-electron chi connectivity index (χ2n) is 7.24. The summed E-state index contributed by atoms with van der Waals surface area (Å²) >= 11 is 0. The van der Waals surface area contributed by atoms with Gasteiger partial charge >= 0.3 is 0 Å². The molecule has 0 aliphatic carbocycles. The number of nitrogens with zero attached hydrogens (tertiary/aromatic N) is 2. The Morgan fingerprint density at radius 3 is 2.00 bits per heavy atom. The average Bonchev–Trinajstić information content (AvgIpc) is 2.99. The number of fused-ring (bicyclic) bond motifs is 1. The molecule has 1 N–H and O–H groups in total. The Hall–Kier alpha value is -3.48. The van der Waals surface area contributed by atoms with Gasteiger partial charge in [0.15, 0.2) is 0 Å². The van der Waals surface area contributed by atoms with Crippen molar-refractivity contribution in [2.45, 2.75) is 18.9 Å². The van der Waals surface area contributed by atoms with Crippen LogP contribution in [0.25, 0.3) is 0 Å². The number of benzene rings is 2. The maximum atomic E-state index is 12.5. The molecule has 2 heterocycles. The minimum atomic E-state index is -0.441. The van der Waals surface area contributed by atoms with Crippen LogP contribution in [0.1, 0.15) is 43.9 Å². The molecule has 7 heteroatoms. The van der Waals surface area contributed by atoms with E-state index in [1.54, 1.807) is 41.3 Å². The zero-order chi connectivity index (χ0) is 20.4. The number of likely N-dealkylation sites (tertiary alicyclic amines) is 1. The highest BCUT2D eigenvalue weighted by Crippen LogP contribution is 2.22. The lowest BCUT2D eigenvalue weighted by Gasteiger charge is -2.32. The van der Waals surface area contributed by atoms with Crippen LogP contribution in [0.4, 0.5) is 0 Å². The normalized spacial score (nSPS) is 16.7. The number of carbonyl (C=O) groups is 4. The first-order chi connectivity index (χ1) is 14.0. The van der Waals surface area contributed by atoms with Gasteiger partial charge in [-0.15, -0.1) is 0 Å². The van der Waals surface area contributed by atoms with Gasteiger partial charge in [-0.25, -0.2) is 0 Å². The van der Waals surface area contributed by atoms with Gasteiger partial charge in [-0.2, -0.15) is 0 Å². The highest BCUT2D eigenvalue weighted by molar-refractivity contribution is 6.22. The van der Waals surface area contributed by atoms with E-state index in [9.17, 15) is 19.2 Å². The summed E-state index contributed by atoms with van der Waals surface area (Å²) in [5.41, 5.74) is 1.32. The molecule has 4 amide bonds. The summed E-state index contributed by atoms with van der Waals surface area (Å²) in [4.78, 5) is 52.4. The summed E-state index contributed by atoms with van der Waals surface area (Å²) in [6.45, 7) is 0.799. The van der Waals surface area contributed by atoms with E-state index in [2.05, 4.69) is 5.32 Å². The smallest absolute Gasteiger partial charge is 0.262 e. The van der Waals surface area contributed by atoms with Gasteiger partial charge in [-0.1, -0.05) is 30.3 Å². The third-order valence-corrected chi connectivity index (χ3v) is 5.35. The van der Waals surface area contributed by atoms with Gasteiger partial charge in [-0.05, 0) is 37.1 Å². The summed E-state index contributed by atoms with van der Waals surface area (Å²) in [5, 5.41) is 2.89. The molecule has 2 aromatic carbocycles. The molecule has 29 heavy (non-hydrogen) atoms.